The molecule has 178 valence electrons. The number of hydrogen-bond donors (Lipinski definition) is 5. The molecule has 2 heterocycles. The van der Waals surface area contributed by atoms with E-state index in [1.165, 1.54) is 11.6 Å². The maximum Gasteiger partial charge on any atom is 0.317 e. The minimum absolute atomic E-state index is 0.0284. The van der Waals surface area contributed by atoms with E-state index in [4.69, 9.17) is 9.94 Å². The Hall–Kier alpha value is -3.82. The number of fused-ring (bicyclic) bond motifs is 1. The van der Waals surface area contributed by atoms with Crippen molar-refractivity contribution in [2.24, 2.45) is 0 Å². The Labute approximate surface area is 197 Å². The zero-order valence-corrected chi connectivity index (χ0v) is 18.8. The minimum atomic E-state index is -0.558. The molecule has 5 N–H and O–H groups in total. The second-order valence-corrected chi connectivity index (χ2v) is 8.07. The fourth-order valence-corrected chi connectivity index (χ4v) is 3.86. The number of aromatic amines is 1. The van der Waals surface area contributed by atoms with Crippen molar-refractivity contribution in [2.75, 3.05) is 32.8 Å². The van der Waals surface area contributed by atoms with Crippen molar-refractivity contribution in [3.63, 3.8) is 0 Å². The zero-order chi connectivity index (χ0) is 23.8. The molecule has 1 fully saturated rings. The Morgan fingerprint density at radius 3 is 2.82 bits per heavy atom. The van der Waals surface area contributed by atoms with Gasteiger partial charge in [0.25, 0.3) is 5.91 Å². The van der Waals surface area contributed by atoms with E-state index in [9.17, 15) is 9.59 Å². The highest BCUT2D eigenvalue weighted by atomic mass is 16.5. The number of hydrogen-bond acceptors (Lipinski definition) is 5. The average molecular weight is 464 g/mol. The van der Waals surface area contributed by atoms with E-state index in [2.05, 4.69) is 21.7 Å². The first-order valence-corrected chi connectivity index (χ1v) is 11.3. The SMILES string of the molecule is O=C(C=Cc1ccc(CNCCc2c[nH]c3ccc(OCCN4CCNC4=O)cc23)cc1)NO. The van der Waals surface area contributed by atoms with Crippen LogP contribution in [0.4, 0.5) is 4.79 Å². The molecule has 9 nitrogen and oxygen atoms in total. The summed E-state index contributed by atoms with van der Waals surface area (Å²) in [5.41, 5.74) is 5.88. The number of nitrogens with zero attached hydrogens (tertiary/aromatic N) is 1. The molecule has 4 rings (SSSR count). The Morgan fingerprint density at radius 1 is 1.21 bits per heavy atom. The number of rotatable bonds is 11. The Morgan fingerprint density at radius 2 is 2.06 bits per heavy atom. The first kappa shape index (κ1) is 23.3. The van der Waals surface area contributed by atoms with Crippen molar-refractivity contribution in [3.05, 3.63) is 71.4 Å². The lowest BCUT2D eigenvalue weighted by molar-refractivity contribution is -0.124. The van der Waals surface area contributed by atoms with E-state index < -0.39 is 5.91 Å². The van der Waals surface area contributed by atoms with Gasteiger partial charge in [0.1, 0.15) is 12.4 Å². The molecule has 1 aromatic heterocycles. The summed E-state index contributed by atoms with van der Waals surface area (Å²) in [6, 6.07) is 13.8. The van der Waals surface area contributed by atoms with Crippen LogP contribution < -0.4 is 20.9 Å². The number of ether oxygens (including phenoxy) is 1. The van der Waals surface area contributed by atoms with Crippen molar-refractivity contribution in [2.45, 2.75) is 13.0 Å². The zero-order valence-electron chi connectivity index (χ0n) is 18.8. The fourth-order valence-electron chi connectivity index (χ4n) is 3.86. The molecule has 1 aliphatic rings. The average Bonchev–Trinajstić information content (AvgIpc) is 3.46. The third-order valence-corrected chi connectivity index (χ3v) is 5.73. The molecule has 0 bridgehead atoms. The summed E-state index contributed by atoms with van der Waals surface area (Å²) in [5.74, 6) is 0.240. The van der Waals surface area contributed by atoms with E-state index in [1.807, 2.05) is 42.6 Å². The molecular weight excluding hydrogens is 434 g/mol. The summed E-state index contributed by atoms with van der Waals surface area (Å²) in [4.78, 5) is 27.7. The number of benzene rings is 2. The molecule has 0 aliphatic carbocycles. The molecule has 3 aromatic rings. The molecule has 0 unspecified atom stereocenters. The number of hydroxylamine groups is 1. The molecule has 1 saturated heterocycles. The van der Waals surface area contributed by atoms with Crippen molar-refractivity contribution in [3.8, 4) is 5.75 Å². The van der Waals surface area contributed by atoms with Gasteiger partial charge in [0, 0.05) is 42.8 Å². The number of aromatic nitrogens is 1. The molecule has 1 aliphatic heterocycles. The fraction of sp³-hybridized carbons (Fsp3) is 0.280. The lowest BCUT2D eigenvalue weighted by Gasteiger charge is -2.14. The lowest BCUT2D eigenvalue weighted by atomic mass is 10.1. The molecule has 0 saturated carbocycles. The van der Waals surface area contributed by atoms with Gasteiger partial charge in [-0.1, -0.05) is 24.3 Å². The topological polar surface area (TPSA) is 119 Å². The van der Waals surface area contributed by atoms with Crippen LogP contribution in [0.25, 0.3) is 17.0 Å². The third-order valence-electron chi connectivity index (χ3n) is 5.73. The molecule has 2 aromatic carbocycles. The van der Waals surface area contributed by atoms with Crippen molar-refractivity contribution >= 4 is 28.9 Å². The van der Waals surface area contributed by atoms with Crippen LogP contribution in [-0.2, 0) is 17.8 Å². The van der Waals surface area contributed by atoms with Crippen LogP contribution >= 0.6 is 0 Å². The number of nitrogens with one attached hydrogen (secondary N) is 4. The van der Waals surface area contributed by atoms with Crippen LogP contribution in [-0.4, -0.2) is 59.8 Å². The summed E-state index contributed by atoms with van der Waals surface area (Å²) >= 11 is 0. The van der Waals surface area contributed by atoms with Gasteiger partial charge in [-0.3, -0.25) is 10.0 Å². The number of urea groups is 1. The van der Waals surface area contributed by atoms with Gasteiger partial charge in [-0.05, 0) is 53.9 Å². The highest BCUT2D eigenvalue weighted by molar-refractivity contribution is 5.90. The van der Waals surface area contributed by atoms with Gasteiger partial charge in [0.05, 0.1) is 6.54 Å². The predicted molar refractivity (Wildman–Crippen MR) is 130 cm³/mol. The Bertz CT molecular complexity index is 1160. The van der Waals surface area contributed by atoms with Gasteiger partial charge in [0.2, 0.25) is 0 Å². The van der Waals surface area contributed by atoms with Crippen molar-refractivity contribution in [1.29, 1.82) is 0 Å². The standard InChI is InChI=1S/C25H29N5O4/c31-24(29-33)8-5-18-1-3-19(4-2-18)16-26-10-9-20-17-28-23-7-6-21(15-22(20)23)34-14-13-30-12-11-27-25(30)32/h1-8,15,17,26,28,33H,9-14,16H2,(H,27,32)(H,29,31). The summed E-state index contributed by atoms with van der Waals surface area (Å²) in [6.45, 7) is 4.01. The smallest absolute Gasteiger partial charge is 0.317 e. The highest BCUT2D eigenvalue weighted by Crippen LogP contribution is 2.24. The van der Waals surface area contributed by atoms with Crippen LogP contribution in [0, 0.1) is 0 Å². The molecule has 0 radical (unpaired) electrons. The third kappa shape index (κ3) is 6.15. The number of carbonyl (C=O) groups excluding carboxylic acids is 2. The van der Waals surface area contributed by atoms with E-state index in [0.717, 1.165) is 53.8 Å². The Kier molecular flexibility index (Phi) is 7.79. The molecule has 0 spiro atoms. The number of carbonyl (C=O) groups is 2. The van der Waals surface area contributed by atoms with Gasteiger partial charge >= 0.3 is 6.03 Å². The van der Waals surface area contributed by atoms with Crippen LogP contribution in [0.3, 0.4) is 0 Å². The molecule has 34 heavy (non-hydrogen) atoms. The summed E-state index contributed by atoms with van der Waals surface area (Å²) in [7, 11) is 0. The first-order valence-electron chi connectivity index (χ1n) is 11.3. The summed E-state index contributed by atoms with van der Waals surface area (Å²) < 4.78 is 5.89. The van der Waals surface area contributed by atoms with Crippen LogP contribution in [0.2, 0.25) is 0 Å². The van der Waals surface area contributed by atoms with Crippen LogP contribution in [0.1, 0.15) is 16.7 Å². The first-order chi connectivity index (χ1) is 16.6. The summed E-state index contributed by atoms with van der Waals surface area (Å²) in [5, 5.41) is 15.9. The number of amides is 3. The molecular formula is C25H29N5O4. The normalized spacial score (nSPS) is 13.6. The maximum absolute atomic E-state index is 11.6. The van der Waals surface area contributed by atoms with E-state index in [-0.39, 0.29) is 6.03 Å². The largest absolute Gasteiger partial charge is 0.492 e. The maximum atomic E-state index is 11.6. The minimum Gasteiger partial charge on any atom is -0.492 e. The summed E-state index contributed by atoms with van der Waals surface area (Å²) in [6.07, 6.45) is 5.82. The second kappa shape index (κ2) is 11.4. The number of H-pyrrole nitrogens is 1. The van der Waals surface area contributed by atoms with Crippen LogP contribution in [0.5, 0.6) is 5.75 Å². The lowest BCUT2D eigenvalue weighted by Crippen LogP contribution is -2.31. The van der Waals surface area contributed by atoms with E-state index >= 15 is 0 Å². The molecule has 0 atom stereocenters. The van der Waals surface area contributed by atoms with Gasteiger partial charge in [-0.15, -0.1) is 0 Å². The second-order valence-electron chi connectivity index (χ2n) is 8.07. The molecule has 9 heteroatoms. The van der Waals surface area contributed by atoms with Gasteiger partial charge in [0.15, 0.2) is 0 Å². The van der Waals surface area contributed by atoms with Crippen LogP contribution in [0.15, 0.2) is 54.7 Å². The molecule has 3 amide bonds. The highest BCUT2D eigenvalue weighted by Gasteiger charge is 2.18. The van der Waals surface area contributed by atoms with E-state index in [1.54, 1.807) is 16.5 Å². The van der Waals surface area contributed by atoms with Crippen molar-refractivity contribution < 1.29 is 19.5 Å². The van der Waals surface area contributed by atoms with E-state index in [0.29, 0.717) is 19.7 Å². The predicted octanol–water partition coefficient (Wildman–Crippen LogP) is 2.42. The van der Waals surface area contributed by atoms with Gasteiger partial charge in [-0.2, -0.15) is 0 Å². The monoisotopic (exact) mass is 463 g/mol. The Balaban J connectivity index is 1.24. The quantitative estimate of drug-likeness (QED) is 0.130. The van der Waals surface area contributed by atoms with Gasteiger partial charge < -0.3 is 25.3 Å². The van der Waals surface area contributed by atoms with Gasteiger partial charge in [-0.25, -0.2) is 10.3 Å². The van der Waals surface area contributed by atoms with Crippen molar-refractivity contribution in [1.82, 2.24) is 26.0 Å².